The van der Waals surface area contributed by atoms with Crippen molar-refractivity contribution in [3.05, 3.63) is 64.7 Å². The van der Waals surface area contributed by atoms with Crippen LogP contribution in [0, 0.1) is 0 Å². The zero-order valence-electron chi connectivity index (χ0n) is 15.0. The lowest BCUT2D eigenvalue weighted by atomic mass is 10.0. The first-order valence-corrected chi connectivity index (χ1v) is 8.73. The van der Waals surface area contributed by atoms with Crippen molar-refractivity contribution in [3.63, 3.8) is 0 Å². The van der Waals surface area contributed by atoms with Crippen molar-refractivity contribution < 1.29 is 37.7 Å². The molecule has 0 aliphatic heterocycles. The first-order valence-electron chi connectivity index (χ1n) is 8.35. The minimum atomic E-state index is -4.63. The van der Waals surface area contributed by atoms with E-state index < -0.39 is 36.0 Å². The van der Waals surface area contributed by atoms with Gasteiger partial charge in [-0.3, -0.25) is 4.79 Å². The van der Waals surface area contributed by atoms with Crippen LogP contribution >= 0.6 is 11.6 Å². The number of anilines is 1. The Hall–Kier alpha value is -3.46. The number of halogens is 4. The topological polar surface area (TPSA) is 95.9 Å². The molecule has 6 nitrogen and oxygen atoms in total. The number of hydrogen-bond donors (Lipinski definition) is 3. The second kappa shape index (κ2) is 8.11. The van der Waals surface area contributed by atoms with Gasteiger partial charge in [0.1, 0.15) is 17.1 Å². The highest BCUT2D eigenvalue weighted by Gasteiger charge is 2.31. The normalized spacial score (nSPS) is 11.3. The summed E-state index contributed by atoms with van der Waals surface area (Å²) in [5, 5.41) is 22.8. The fraction of sp³-hybridized carbons (Fsp3) is 0.100. The molecule has 0 bridgehead atoms. The average molecular weight is 440 g/mol. The minimum absolute atomic E-state index is 0.139. The van der Waals surface area contributed by atoms with Gasteiger partial charge in [-0.1, -0.05) is 35.9 Å². The molecule has 1 amide bonds. The van der Waals surface area contributed by atoms with Crippen LogP contribution in [0.4, 0.5) is 18.9 Å². The Bertz CT molecular complexity index is 1150. The third-order valence-electron chi connectivity index (χ3n) is 4.12. The Morgan fingerprint density at radius 3 is 2.37 bits per heavy atom. The minimum Gasteiger partial charge on any atom is -0.507 e. The maximum atomic E-state index is 12.8. The van der Waals surface area contributed by atoms with E-state index >= 15 is 0 Å². The van der Waals surface area contributed by atoms with E-state index in [0.29, 0.717) is 11.5 Å². The Balaban J connectivity index is 1.72. The molecule has 0 saturated heterocycles. The van der Waals surface area contributed by atoms with Gasteiger partial charge in [0.25, 0.3) is 5.91 Å². The van der Waals surface area contributed by atoms with Crippen molar-refractivity contribution in [2.24, 2.45) is 0 Å². The van der Waals surface area contributed by atoms with Crippen LogP contribution in [0.1, 0.15) is 15.9 Å². The van der Waals surface area contributed by atoms with Crippen LogP contribution < -0.4 is 5.32 Å². The molecule has 0 heterocycles. The van der Waals surface area contributed by atoms with Crippen LogP contribution in [0.3, 0.4) is 0 Å². The van der Waals surface area contributed by atoms with Crippen LogP contribution in [-0.2, 0) is 15.7 Å². The number of carbonyl (C=O) groups is 2. The number of carbonyl (C=O) groups excluding carboxylic acids is 2. The first-order chi connectivity index (χ1) is 14.1. The summed E-state index contributed by atoms with van der Waals surface area (Å²) in [6.07, 6.45) is -4.63. The number of nitrogens with one attached hydrogen (secondary N) is 1. The lowest BCUT2D eigenvalue weighted by molar-refractivity contribution is -0.137. The number of hydrogen-bond acceptors (Lipinski definition) is 5. The number of aromatic hydroxyl groups is 2. The molecular weight excluding hydrogens is 427 g/mol. The molecule has 3 aromatic rings. The highest BCUT2D eigenvalue weighted by atomic mass is 35.5. The van der Waals surface area contributed by atoms with Gasteiger partial charge in [-0.25, -0.2) is 4.79 Å². The molecule has 3 rings (SSSR count). The standard InChI is InChI=1S/C20H13ClF3NO5/c21-14-6-5-10(20(22,23)24)7-15(14)25-17(27)9-30-19(29)13-8-16(26)11-3-1-2-4-12(11)18(13)28/h1-8,26,28H,9H2,(H,25,27). The van der Waals surface area contributed by atoms with E-state index in [9.17, 15) is 33.0 Å². The monoisotopic (exact) mass is 439 g/mol. The number of alkyl halides is 3. The summed E-state index contributed by atoms with van der Waals surface area (Å²) < 4.78 is 43.2. The Morgan fingerprint density at radius 2 is 1.70 bits per heavy atom. The predicted octanol–water partition coefficient (Wildman–Crippen LogP) is 4.72. The van der Waals surface area contributed by atoms with E-state index in [2.05, 4.69) is 5.32 Å². The number of benzene rings is 3. The van der Waals surface area contributed by atoms with E-state index in [0.717, 1.165) is 18.2 Å². The molecule has 0 radical (unpaired) electrons. The fourth-order valence-corrected chi connectivity index (χ4v) is 2.85. The van der Waals surface area contributed by atoms with Gasteiger partial charge >= 0.3 is 12.1 Å². The fourth-order valence-electron chi connectivity index (χ4n) is 2.69. The first kappa shape index (κ1) is 21.3. The largest absolute Gasteiger partial charge is 0.507 e. The van der Waals surface area contributed by atoms with Gasteiger partial charge in [-0.2, -0.15) is 13.2 Å². The van der Waals surface area contributed by atoms with Crippen LogP contribution in [0.25, 0.3) is 10.8 Å². The number of phenols is 2. The molecule has 156 valence electrons. The van der Waals surface area contributed by atoms with Gasteiger partial charge in [-0.15, -0.1) is 0 Å². The summed E-state index contributed by atoms with van der Waals surface area (Å²) in [6.45, 7) is -0.863. The highest BCUT2D eigenvalue weighted by Crippen LogP contribution is 2.36. The third kappa shape index (κ3) is 4.41. The van der Waals surface area contributed by atoms with Crippen molar-refractivity contribution in [2.75, 3.05) is 11.9 Å². The number of esters is 1. The lowest BCUT2D eigenvalue weighted by Crippen LogP contribution is -2.21. The maximum absolute atomic E-state index is 12.8. The molecule has 10 heteroatoms. The van der Waals surface area contributed by atoms with Crippen LogP contribution in [-0.4, -0.2) is 28.7 Å². The number of rotatable bonds is 4. The Labute approximate surface area is 172 Å². The molecule has 0 aliphatic rings. The van der Waals surface area contributed by atoms with Crippen molar-refractivity contribution in [2.45, 2.75) is 6.18 Å². The van der Waals surface area contributed by atoms with Crippen LogP contribution in [0.15, 0.2) is 48.5 Å². The van der Waals surface area contributed by atoms with E-state index in [4.69, 9.17) is 16.3 Å². The van der Waals surface area contributed by atoms with E-state index in [1.807, 2.05) is 0 Å². The summed E-state index contributed by atoms with van der Waals surface area (Å²) in [7, 11) is 0. The van der Waals surface area contributed by atoms with Crippen molar-refractivity contribution in [1.29, 1.82) is 0 Å². The molecule has 0 unspecified atom stereocenters. The summed E-state index contributed by atoms with van der Waals surface area (Å²) in [5.74, 6) is -2.79. The van der Waals surface area contributed by atoms with E-state index in [1.165, 1.54) is 12.1 Å². The second-order valence-corrected chi connectivity index (χ2v) is 6.56. The molecule has 3 aromatic carbocycles. The average Bonchev–Trinajstić information content (AvgIpc) is 2.69. The van der Waals surface area contributed by atoms with Crippen molar-refractivity contribution >= 4 is 39.9 Å². The molecule has 0 aliphatic carbocycles. The maximum Gasteiger partial charge on any atom is 0.416 e. The molecule has 0 atom stereocenters. The van der Waals surface area contributed by atoms with Gasteiger partial charge in [0.15, 0.2) is 6.61 Å². The van der Waals surface area contributed by atoms with Crippen LogP contribution in [0.5, 0.6) is 11.5 Å². The van der Waals surface area contributed by atoms with Gasteiger partial charge in [-0.05, 0) is 24.3 Å². The molecule has 0 fully saturated rings. The number of phenolic OH excluding ortho intramolecular Hbond substituents is 2. The van der Waals surface area contributed by atoms with Gasteiger partial charge < -0.3 is 20.3 Å². The van der Waals surface area contributed by atoms with E-state index in [-0.39, 0.29) is 27.4 Å². The molecule has 3 N–H and O–H groups in total. The second-order valence-electron chi connectivity index (χ2n) is 6.15. The van der Waals surface area contributed by atoms with E-state index in [1.54, 1.807) is 12.1 Å². The third-order valence-corrected chi connectivity index (χ3v) is 4.45. The molecule has 0 saturated carbocycles. The zero-order chi connectivity index (χ0) is 22.1. The summed E-state index contributed by atoms with van der Waals surface area (Å²) in [5.41, 5.74) is -1.70. The Kier molecular flexibility index (Phi) is 5.75. The van der Waals surface area contributed by atoms with Crippen molar-refractivity contribution in [1.82, 2.24) is 0 Å². The smallest absolute Gasteiger partial charge is 0.416 e. The van der Waals surface area contributed by atoms with Gasteiger partial charge in [0, 0.05) is 10.8 Å². The predicted molar refractivity (Wildman–Crippen MR) is 103 cm³/mol. The number of fused-ring (bicyclic) bond motifs is 1. The molecule has 30 heavy (non-hydrogen) atoms. The van der Waals surface area contributed by atoms with Crippen LogP contribution in [0.2, 0.25) is 5.02 Å². The molecule has 0 spiro atoms. The summed E-state index contributed by atoms with van der Waals surface area (Å²) in [6, 6.07) is 9.59. The molecule has 0 aromatic heterocycles. The SMILES string of the molecule is O=C(COC(=O)c1cc(O)c2ccccc2c1O)Nc1cc(C(F)(F)F)ccc1Cl. The van der Waals surface area contributed by atoms with Crippen molar-refractivity contribution in [3.8, 4) is 11.5 Å². The summed E-state index contributed by atoms with van der Waals surface area (Å²) in [4.78, 5) is 24.2. The highest BCUT2D eigenvalue weighted by molar-refractivity contribution is 6.33. The quantitative estimate of drug-likeness (QED) is 0.404. The zero-order valence-corrected chi connectivity index (χ0v) is 15.7. The van der Waals surface area contributed by atoms with Gasteiger partial charge in [0.05, 0.1) is 16.3 Å². The van der Waals surface area contributed by atoms with Gasteiger partial charge in [0.2, 0.25) is 0 Å². The Morgan fingerprint density at radius 1 is 1.03 bits per heavy atom. The number of ether oxygens (including phenoxy) is 1. The molecular formula is C20H13ClF3NO5. The summed E-state index contributed by atoms with van der Waals surface area (Å²) >= 11 is 5.79. The number of amides is 1. The lowest BCUT2D eigenvalue weighted by Gasteiger charge is -2.12.